The van der Waals surface area contributed by atoms with E-state index in [9.17, 15) is 9.59 Å². The van der Waals surface area contributed by atoms with Gasteiger partial charge < -0.3 is 10.0 Å². The second-order valence-electron chi connectivity index (χ2n) is 4.69. The van der Waals surface area contributed by atoms with Crippen molar-refractivity contribution in [3.05, 3.63) is 33.8 Å². The molecule has 0 spiro atoms. The van der Waals surface area contributed by atoms with Gasteiger partial charge in [0.2, 0.25) is 0 Å². The Bertz CT molecular complexity index is 506. The molecule has 0 bridgehead atoms. The van der Waals surface area contributed by atoms with E-state index in [1.807, 2.05) is 0 Å². The van der Waals surface area contributed by atoms with E-state index in [1.165, 1.54) is 0 Å². The van der Waals surface area contributed by atoms with Gasteiger partial charge in [0.05, 0.1) is 21.5 Å². The first-order valence-corrected chi connectivity index (χ1v) is 6.63. The van der Waals surface area contributed by atoms with Gasteiger partial charge in [0, 0.05) is 19.0 Å². The van der Waals surface area contributed by atoms with Crippen molar-refractivity contribution in [3.63, 3.8) is 0 Å². The van der Waals surface area contributed by atoms with Crippen LogP contribution in [0.4, 0.5) is 0 Å². The average Bonchev–Trinajstić information content (AvgIpc) is 2.26. The zero-order valence-corrected chi connectivity index (χ0v) is 11.8. The number of hydrogen-bond donors (Lipinski definition) is 1. The summed E-state index contributed by atoms with van der Waals surface area (Å²) in [5.74, 6) is -1.55. The van der Waals surface area contributed by atoms with Gasteiger partial charge in [-0.15, -0.1) is 0 Å². The second-order valence-corrected chi connectivity index (χ2v) is 5.51. The number of aliphatic carboxylic acids is 1. The number of halogens is 2. The third kappa shape index (κ3) is 2.69. The Labute approximate surface area is 120 Å². The van der Waals surface area contributed by atoms with Crippen molar-refractivity contribution >= 4 is 35.1 Å². The number of likely N-dealkylation sites (tertiary alicyclic amines) is 1. The Morgan fingerprint density at radius 1 is 1.32 bits per heavy atom. The lowest BCUT2D eigenvalue weighted by Crippen LogP contribution is -2.53. The van der Waals surface area contributed by atoms with E-state index in [-0.39, 0.29) is 17.4 Å². The first kappa shape index (κ1) is 14.2. The molecule has 1 atom stereocenters. The minimum absolute atomic E-state index is 0.0114. The molecule has 4 nitrogen and oxygen atoms in total. The Balaban J connectivity index is 2.06. The van der Waals surface area contributed by atoms with Gasteiger partial charge in [-0.25, -0.2) is 0 Å². The van der Waals surface area contributed by atoms with Crippen molar-refractivity contribution in [1.82, 2.24) is 4.90 Å². The molecule has 1 amide bonds. The third-order valence-corrected chi connectivity index (χ3v) is 4.10. The zero-order chi connectivity index (χ0) is 14.2. The first-order valence-electron chi connectivity index (χ1n) is 5.88. The lowest BCUT2D eigenvalue weighted by atomic mass is 9.86. The number of carboxylic acids is 1. The SMILES string of the molecule is CC(C(=O)O)C1CN(C(=O)c2c(Cl)cccc2Cl)C1. The van der Waals surface area contributed by atoms with Crippen LogP contribution in [0.15, 0.2) is 18.2 Å². The van der Waals surface area contributed by atoms with Gasteiger partial charge in [-0.1, -0.05) is 36.2 Å². The van der Waals surface area contributed by atoms with Crippen molar-refractivity contribution in [2.24, 2.45) is 11.8 Å². The molecule has 1 N–H and O–H groups in total. The summed E-state index contributed by atoms with van der Waals surface area (Å²) in [6.07, 6.45) is 0. The maximum Gasteiger partial charge on any atom is 0.306 e. The highest BCUT2D eigenvalue weighted by molar-refractivity contribution is 6.39. The third-order valence-electron chi connectivity index (χ3n) is 3.47. The lowest BCUT2D eigenvalue weighted by Gasteiger charge is -2.41. The van der Waals surface area contributed by atoms with Crippen LogP contribution in [0.3, 0.4) is 0 Å². The summed E-state index contributed by atoms with van der Waals surface area (Å²) in [7, 11) is 0. The summed E-state index contributed by atoms with van der Waals surface area (Å²) < 4.78 is 0. The Hall–Kier alpha value is -1.26. The van der Waals surface area contributed by atoms with Crippen molar-refractivity contribution in [2.45, 2.75) is 6.92 Å². The van der Waals surface area contributed by atoms with E-state index in [1.54, 1.807) is 30.0 Å². The number of hydrogen-bond acceptors (Lipinski definition) is 2. The molecule has 102 valence electrons. The highest BCUT2D eigenvalue weighted by Gasteiger charge is 2.38. The Morgan fingerprint density at radius 3 is 2.32 bits per heavy atom. The summed E-state index contributed by atoms with van der Waals surface area (Å²) in [5, 5.41) is 9.53. The molecule has 1 aromatic carbocycles. The van der Waals surface area contributed by atoms with Gasteiger partial charge in [0.15, 0.2) is 0 Å². The zero-order valence-electron chi connectivity index (χ0n) is 10.3. The van der Waals surface area contributed by atoms with E-state index in [4.69, 9.17) is 28.3 Å². The van der Waals surface area contributed by atoms with Crippen LogP contribution in [-0.2, 0) is 4.79 Å². The van der Waals surface area contributed by atoms with Gasteiger partial charge in [-0.3, -0.25) is 9.59 Å². The van der Waals surface area contributed by atoms with Crippen molar-refractivity contribution in [2.75, 3.05) is 13.1 Å². The number of rotatable bonds is 3. The first-order chi connectivity index (χ1) is 8.91. The maximum atomic E-state index is 12.2. The molecular weight excluding hydrogens is 289 g/mol. The second kappa shape index (κ2) is 5.39. The molecule has 1 unspecified atom stereocenters. The summed E-state index contributed by atoms with van der Waals surface area (Å²) in [5.41, 5.74) is 0.285. The van der Waals surface area contributed by atoms with Gasteiger partial charge in [0.25, 0.3) is 5.91 Å². The molecule has 0 radical (unpaired) electrons. The minimum atomic E-state index is -0.840. The molecule has 0 saturated carbocycles. The molecule has 1 saturated heterocycles. The van der Waals surface area contributed by atoms with Crippen LogP contribution in [0, 0.1) is 11.8 Å². The van der Waals surface area contributed by atoms with Gasteiger partial charge in [-0.05, 0) is 12.1 Å². The van der Waals surface area contributed by atoms with Crippen LogP contribution in [0.5, 0.6) is 0 Å². The topological polar surface area (TPSA) is 57.6 Å². The molecule has 0 aliphatic carbocycles. The van der Waals surface area contributed by atoms with Crippen molar-refractivity contribution < 1.29 is 14.7 Å². The summed E-state index contributed by atoms with van der Waals surface area (Å²) in [6.45, 7) is 2.50. The molecule has 1 fully saturated rings. The largest absolute Gasteiger partial charge is 0.481 e. The fourth-order valence-corrected chi connectivity index (χ4v) is 2.62. The fraction of sp³-hybridized carbons (Fsp3) is 0.385. The molecular formula is C13H13Cl2NO3. The van der Waals surface area contributed by atoms with Crippen LogP contribution < -0.4 is 0 Å². The van der Waals surface area contributed by atoms with E-state index in [0.717, 1.165) is 0 Å². The number of benzene rings is 1. The summed E-state index contributed by atoms with van der Waals surface area (Å²) in [6, 6.07) is 4.89. The van der Waals surface area contributed by atoms with E-state index in [2.05, 4.69) is 0 Å². The smallest absolute Gasteiger partial charge is 0.306 e. The number of carbonyl (C=O) groups excluding carboxylic acids is 1. The summed E-state index contributed by atoms with van der Waals surface area (Å²) >= 11 is 11.9. The predicted molar refractivity (Wildman–Crippen MR) is 72.7 cm³/mol. The van der Waals surface area contributed by atoms with E-state index >= 15 is 0 Å². The van der Waals surface area contributed by atoms with E-state index < -0.39 is 11.9 Å². The quantitative estimate of drug-likeness (QED) is 0.934. The number of carbonyl (C=O) groups is 2. The Morgan fingerprint density at radius 2 is 1.84 bits per heavy atom. The van der Waals surface area contributed by atoms with Crippen molar-refractivity contribution in [3.8, 4) is 0 Å². The van der Waals surface area contributed by atoms with Crippen LogP contribution in [-0.4, -0.2) is 35.0 Å². The lowest BCUT2D eigenvalue weighted by molar-refractivity contribution is -0.144. The van der Waals surface area contributed by atoms with Crippen molar-refractivity contribution in [1.29, 1.82) is 0 Å². The minimum Gasteiger partial charge on any atom is -0.481 e. The van der Waals surface area contributed by atoms with Gasteiger partial charge >= 0.3 is 5.97 Å². The predicted octanol–water partition coefficient (Wildman–Crippen LogP) is 2.79. The maximum absolute atomic E-state index is 12.2. The summed E-state index contributed by atoms with van der Waals surface area (Å²) in [4.78, 5) is 24.6. The fourth-order valence-electron chi connectivity index (χ4n) is 2.06. The van der Waals surface area contributed by atoms with Gasteiger partial charge in [-0.2, -0.15) is 0 Å². The molecule has 1 aliphatic heterocycles. The molecule has 1 aromatic rings. The highest BCUT2D eigenvalue weighted by Crippen LogP contribution is 2.30. The van der Waals surface area contributed by atoms with Crippen LogP contribution in [0.1, 0.15) is 17.3 Å². The number of nitrogens with zero attached hydrogens (tertiary/aromatic N) is 1. The van der Waals surface area contributed by atoms with E-state index in [0.29, 0.717) is 23.1 Å². The average molecular weight is 302 g/mol. The molecule has 6 heteroatoms. The van der Waals surface area contributed by atoms with Gasteiger partial charge in [0.1, 0.15) is 0 Å². The molecule has 1 heterocycles. The number of amides is 1. The molecule has 0 aromatic heterocycles. The standard InChI is InChI=1S/C13H13Cl2NO3/c1-7(13(18)19)8-5-16(6-8)12(17)11-9(14)3-2-4-10(11)15/h2-4,7-8H,5-6H2,1H3,(H,18,19). The molecule has 1 aliphatic rings. The highest BCUT2D eigenvalue weighted by atomic mass is 35.5. The molecule has 19 heavy (non-hydrogen) atoms. The van der Waals surface area contributed by atoms with Crippen LogP contribution >= 0.6 is 23.2 Å². The number of carboxylic acid groups (broad SMARTS) is 1. The molecule has 2 rings (SSSR count). The van der Waals surface area contributed by atoms with Crippen LogP contribution in [0.25, 0.3) is 0 Å². The normalized spacial score (nSPS) is 16.9. The monoisotopic (exact) mass is 301 g/mol. The van der Waals surface area contributed by atoms with Crippen LogP contribution in [0.2, 0.25) is 10.0 Å². The Kier molecular flexibility index (Phi) is 4.02.